The van der Waals surface area contributed by atoms with Gasteiger partial charge in [-0.1, -0.05) is 62.6 Å². The Morgan fingerprint density at radius 1 is 1.19 bits per heavy atom. The molecule has 1 amide bonds. The Morgan fingerprint density at radius 2 is 1.89 bits per heavy atom. The monoisotopic (exact) mass is 485 g/mol. The molecule has 0 bridgehead atoms. The van der Waals surface area contributed by atoms with E-state index in [0.717, 1.165) is 15.0 Å². The molecule has 0 aliphatic carbocycles. The van der Waals surface area contributed by atoms with Crippen molar-refractivity contribution in [1.82, 2.24) is 10.2 Å². The highest BCUT2D eigenvalue weighted by molar-refractivity contribution is 9.10. The van der Waals surface area contributed by atoms with Crippen molar-refractivity contribution in [2.75, 3.05) is 11.9 Å². The summed E-state index contributed by atoms with van der Waals surface area (Å²) >= 11 is 16.7. The van der Waals surface area contributed by atoms with E-state index in [0.29, 0.717) is 20.9 Å². The number of ether oxygens (including phenoxy) is 1. The number of benzene rings is 2. The van der Waals surface area contributed by atoms with Crippen molar-refractivity contribution in [2.24, 2.45) is 0 Å². The summed E-state index contributed by atoms with van der Waals surface area (Å²) in [7, 11) is 1.64. The molecule has 0 N–H and O–H groups in total. The highest BCUT2D eigenvalue weighted by atomic mass is 79.9. The zero-order valence-electron chi connectivity index (χ0n) is 14.3. The SMILES string of the molecule is CC(Oc1ccc(Cl)cc1Cl)C(=O)N(C)c1nnc(-c2ccc(Br)cc2)s1. The van der Waals surface area contributed by atoms with Crippen molar-refractivity contribution in [3.05, 3.63) is 57.0 Å². The lowest BCUT2D eigenvalue weighted by atomic mass is 10.2. The third kappa shape index (κ3) is 4.79. The van der Waals surface area contributed by atoms with Gasteiger partial charge in [0.25, 0.3) is 5.91 Å². The molecule has 1 heterocycles. The molecule has 1 atom stereocenters. The quantitative estimate of drug-likeness (QED) is 0.463. The number of hydrogen-bond donors (Lipinski definition) is 0. The van der Waals surface area contributed by atoms with E-state index in [-0.39, 0.29) is 5.91 Å². The summed E-state index contributed by atoms with van der Waals surface area (Å²) in [5, 5.41) is 10.3. The summed E-state index contributed by atoms with van der Waals surface area (Å²) in [6.07, 6.45) is -0.756. The Kier molecular flexibility index (Phi) is 6.37. The van der Waals surface area contributed by atoms with Gasteiger partial charge in [-0.15, -0.1) is 10.2 Å². The van der Waals surface area contributed by atoms with Crippen LogP contribution in [0.2, 0.25) is 10.0 Å². The van der Waals surface area contributed by atoms with Crippen LogP contribution in [0.3, 0.4) is 0 Å². The Bertz CT molecular complexity index is 965. The number of hydrogen-bond acceptors (Lipinski definition) is 5. The maximum atomic E-state index is 12.7. The molecule has 0 fully saturated rings. The van der Waals surface area contributed by atoms with Gasteiger partial charge in [0, 0.05) is 22.1 Å². The van der Waals surface area contributed by atoms with Crippen molar-refractivity contribution in [2.45, 2.75) is 13.0 Å². The summed E-state index contributed by atoms with van der Waals surface area (Å²) in [5.74, 6) is 0.127. The molecule has 2 aromatic carbocycles. The second-order valence-corrected chi connectivity index (χ2v) is 8.34. The average Bonchev–Trinajstić information content (AvgIpc) is 3.13. The van der Waals surface area contributed by atoms with Gasteiger partial charge in [0.15, 0.2) is 6.10 Å². The number of carbonyl (C=O) groups excluding carboxylic acids is 1. The van der Waals surface area contributed by atoms with E-state index in [9.17, 15) is 4.79 Å². The van der Waals surface area contributed by atoms with E-state index < -0.39 is 6.10 Å². The average molecular weight is 487 g/mol. The van der Waals surface area contributed by atoms with Crippen LogP contribution in [0.25, 0.3) is 10.6 Å². The number of likely N-dealkylation sites (N-methyl/N-ethyl adjacent to an activating group) is 1. The largest absolute Gasteiger partial charge is 0.479 e. The van der Waals surface area contributed by atoms with Crippen molar-refractivity contribution < 1.29 is 9.53 Å². The fraction of sp³-hybridized carbons (Fsp3) is 0.167. The molecule has 0 spiro atoms. The van der Waals surface area contributed by atoms with Crippen LogP contribution in [-0.2, 0) is 4.79 Å². The second-order valence-electron chi connectivity index (χ2n) is 5.63. The molecule has 1 unspecified atom stereocenters. The van der Waals surface area contributed by atoms with Gasteiger partial charge in [0.1, 0.15) is 10.8 Å². The number of aromatic nitrogens is 2. The van der Waals surface area contributed by atoms with E-state index in [2.05, 4.69) is 26.1 Å². The molecule has 27 heavy (non-hydrogen) atoms. The lowest BCUT2D eigenvalue weighted by Gasteiger charge is -2.20. The minimum atomic E-state index is -0.756. The third-order valence-corrected chi connectivity index (χ3v) is 5.78. The van der Waals surface area contributed by atoms with E-state index in [1.807, 2.05) is 24.3 Å². The van der Waals surface area contributed by atoms with Crippen LogP contribution in [0, 0.1) is 0 Å². The smallest absolute Gasteiger partial charge is 0.269 e. The van der Waals surface area contributed by atoms with Crippen LogP contribution in [0.5, 0.6) is 5.75 Å². The predicted molar refractivity (Wildman–Crippen MR) is 113 cm³/mol. The Hall–Kier alpha value is -1.67. The van der Waals surface area contributed by atoms with Crippen molar-refractivity contribution in [3.63, 3.8) is 0 Å². The second kappa shape index (κ2) is 8.56. The zero-order valence-corrected chi connectivity index (χ0v) is 18.2. The molecule has 0 aliphatic rings. The predicted octanol–water partition coefficient (Wildman–Crippen LogP) is 5.70. The first kappa shape index (κ1) is 20.1. The normalized spacial score (nSPS) is 11.9. The van der Waals surface area contributed by atoms with E-state index in [1.165, 1.54) is 16.2 Å². The molecule has 0 saturated carbocycles. The van der Waals surface area contributed by atoms with Crippen LogP contribution in [-0.4, -0.2) is 29.3 Å². The number of anilines is 1. The first-order valence-electron chi connectivity index (χ1n) is 7.84. The molecule has 3 rings (SSSR count). The highest BCUT2D eigenvalue weighted by Crippen LogP contribution is 2.31. The van der Waals surface area contributed by atoms with Crippen LogP contribution in [0.15, 0.2) is 46.9 Å². The number of nitrogens with zero attached hydrogens (tertiary/aromatic N) is 3. The molecule has 140 valence electrons. The van der Waals surface area contributed by atoms with Gasteiger partial charge in [0.05, 0.1) is 5.02 Å². The Balaban J connectivity index is 1.72. The summed E-state index contributed by atoms with van der Waals surface area (Å²) < 4.78 is 6.66. The first-order valence-corrected chi connectivity index (χ1v) is 10.2. The van der Waals surface area contributed by atoms with Crippen molar-refractivity contribution in [1.29, 1.82) is 0 Å². The molecule has 0 aliphatic heterocycles. The maximum Gasteiger partial charge on any atom is 0.269 e. The number of halogens is 3. The molecule has 3 aromatic rings. The first-order chi connectivity index (χ1) is 12.8. The lowest BCUT2D eigenvalue weighted by Crippen LogP contribution is -2.38. The molecule has 0 radical (unpaired) electrons. The molecule has 1 aromatic heterocycles. The summed E-state index contributed by atoms with van der Waals surface area (Å²) in [5.41, 5.74) is 0.931. The van der Waals surface area contributed by atoms with Crippen molar-refractivity contribution in [3.8, 4) is 16.3 Å². The van der Waals surface area contributed by atoms with Gasteiger partial charge < -0.3 is 4.74 Å². The van der Waals surface area contributed by atoms with E-state index >= 15 is 0 Å². The van der Waals surface area contributed by atoms with Gasteiger partial charge in [-0.05, 0) is 37.3 Å². The number of amides is 1. The summed E-state index contributed by atoms with van der Waals surface area (Å²) in [4.78, 5) is 14.1. The fourth-order valence-corrected chi connectivity index (χ4v) is 3.77. The Morgan fingerprint density at radius 3 is 2.56 bits per heavy atom. The molecule has 9 heteroatoms. The van der Waals surface area contributed by atoms with Gasteiger partial charge in [-0.3, -0.25) is 9.69 Å². The number of rotatable bonds is 5. The molecule has 0 saturated heterocycles. The Labute approximate surface area is 179 Å². The lowest BCUT2D eigenvalue weighted by molar-refractivity contribution is -0.124. The van der Waals surface area contributed by atoms with Crippen LogP contribution in [0.4, 0.5) is 5.13 Å². The van der Waals surface area contributed by atoms with Crippen molar-refractivity contribution >= 4 is 61.5 Å². The number of carbonyl (C=O) groups is 1. The molecular formula is C18H14BrCl2N3O2S. The van der Waals surface area contributed by atoms with E-state index in [4.69, 9.17) is 27.9 Å². The standard InChI is InChI=1S/C18H14BrCl2N3O2S/c1-10(26-15-8-7-13(20)9-14(15)21)17(25)24(2)18-23-22-16(27-18)11-3-5-12(19)6-4-11/h3-10H,1-2H3. The molecule has 5 nitrogen and oxygen atoms in total. The summed E-state index contributed by atoms with van der Waals surface area (Å²) in [6.45, 7) is 1.65. The van der Waals surface area contributed by atoms with Gasteiger partial charge in [-0.25, -0.2) is 0 Å². The molecular weight excluding hydrogens is 473 g/mol. The minimum Gasteiger partial charge on any atom is -0.479 e. The minimum absolute atomic E-state index is 0.264. The van der Waals surface area contributed by atoms with Crippen LogP contribution in [0.1, 0.15) is 6.92 Å². The van der Waals surface area contributed by atoms with Gasteiger partial charge in [-0.2, -0.15) is 0 Å². The highest BCUT2D eigenvalue weighted by Gasteiger charge is 2.24. The zero-order chi connectivity index (χ0) is 19.6. The van der Waals surface area contributed by atoms with Crippen LogP contribution >= 0.6 is 50.5 Å². The third-order valence-electron chi connectivity index (χ3n) is 3.67. The van der Waals surface area contributed by atoms with Gasteiger partial charge in [0.2, 0.25) is 5.13 Å². The van der Waals surface area contributed by atoms with Gasteiger partial charge >= 0.3 is 0 Å². The summed E-state index contributed by atoms with van der Waals surface area (Å²) in [6, 6.07) is 12.6. The fourth-order valence-electron chi connectivity index (χ4n) is 2.24. The van der Waals surface area contributed by atoms with E-state index in [1.54, 1.807) is 32.2 Å². The maximum absolute atomic E-state index is 12.7. The van der Waals surface area contributed by atoms with Crippen LogP contribution < -0.4 is 9.64 Å². The topological polar surface area (TPSA) is 55.3 Å².